The standard InChI is InChI=1S/C51H32OS/c1-51(2)42-25-24-39-37(22-23-38-32-12-8-10-18-46(32)53-50(38)39)49(42)40-21-19-30(28-43(40)51)48-35-15-5-3-13-33(35)47(34-14-4-6-16-36(34)48)29-20-26-45-41(27-29)31-11-7-9-17-44(31)52-45/h3-28H,1-2H3. The van der Waals surface area contributed by atoms with E-state index in [1.165, 1.54) is 97.0 Å². The lowest BCUT2D eigenvalue weighted by molar-refractivity contribution is 0.661. The van der Waals surface area contributed by atoms with Gasteiger partial charge in [0.1, 0.15) is 11.2 Å². The zero-order valence-corrected chi connectivity index (χ0v) is 30.1. The van der Waals surface area contributed by atoms with Gasteiger partial charge in [-0.25, -0.2) is 0 Å². The maximum Gasteiger partial charge on any atom is 0.135 e. The van der Waals surface area contributed by atoms with Crippen LogP contribution in [0, 0.1) is 0 Å². The highest BCUT2D eigenvalue weighted by Gasteiger charge is 2.37. The number of thiophene rings is 1. The highest BCUT2D eigenvalue weighted by atomic mass is 32.1. The van der Waals surface area contributed by atoms with E-state index in [0.29, 0.717) is 0 Å². The quantitative estimate of drug-likeness (QED) is 0.164. The van der Waals surface area contributed by atoms with Gasteiger partial charge in [0, 0.05) is 41.7 Å². The second-order valence-electron chi connectivity index (χ2n) is 15.2. The van der Waals surface area contributed by atoms with E-state index in [1.807, 2.05) is 17.4 Å². The zero-order valence-electron chi connectivity index (χ0n) is 29.3. The molecule has 0 bridgehead atoms. The Morgan fingerprint density at radius 1 is 0.396 bits per heavy atom. The largest absolute Gasteiger partial charge is 0.456 e. The molecule has 0 amide bonds. The fourth-order valence-corrected chi connectivity index (χ4v) is 10.8. The molecule has 1 aliphatic carbocycles. The zero-order chi connectivity index (χ0) is 35.0. The van der Waals surface area contributed by atoms with Gasteiger partial charge in [-0.05, 0) is 102 Å². The molecule has 1 aliphatic rings. The van der Waals surface area contributed by atoms with Crippen molar-refractivity contribution >= 4 is 85.8 Å². The lowest BCUT2D eigenvalue weighted by Gasteiger charge is -2.23. The van der Waals surface area contributed by atoms with Crippen LogP contribution in [0.1, 0.15) is 25.0 Å². The molecule has 2 heterocycles. The number of hydrogen-bond donors (Lipinski definition) is 0. The molecule has 11 aromatic rings. The van der Waals surface area contributed by atoms with Crippen molar-refractivity contribution in [3.8, 4) is 33.4 Å². The van der Waals surface area contributed by atoms with Crippen molar-refractivity contribution < 1.29 is 4.42 Å². The van der Waals surface area contributed by atoms with E-state index in [1.54, 1.807) is 0 Å². The van der Waals surface area contributed by atoms with Gasteiger partial charge in [-0.3, -0.25) is 0 Å². The first-order valence-electron chi connectivity index (χ1n) is 18.4. The number of rotatable bonds is 2. The third-order valence-corrected chi connectivity index (χ3v) is 13.3. The Morgan fingerprint density at radius 2 is 0.925 bits per heavy atom. The van der Waals surface area contributed by atoms with Crippen LogP contribution in [0.3, 0.4) is 0 Å². The second-order valence-corrected chi connectivity index (χ2v) is 16.2. The van der Waals surface area contributed by atoms with Gasteiger partial charge >= 0.3 is 0 Å². The third-order valence-electron chi connectivity index (χ3n) is 12.1. The Bertz CT molecular complexity index is 3320. The maximum absolute atomic E-state index is 6.23. The van der Waals surface area contributed by atoms with E-state index in [9.17, 15) is 0 Å². The molecule has 1 nitrogen and oxygen atoms in total. The fourth-order valence-electron chi connectivity index (χ4n) is 9.61. The Labute approximate surface area is 310 Å². The lowest BCUT2D eigenvalue weighted by Crippen LogP contribution is -2.15. The van der Waals surface area contributed by atoms with Crippen LogP contribution in [0.4, 0.5) is 0 Å². The van der Waals surface area contributed by atoms with Crippen molar-refractivity contribution in [2.75, 3.05) is 0 Å². The molecule has 0 radical (unpaired) electrons. The van der Waals surface area contributed by atoms with Crippen LogP contribution >= 0.6 is 11.3 Å². The first kappa shape index (κ1) is 29.4. The monoisotopic (exact) mass is 692 g/mol. The minimum atomic E-state index is -0.141. The molecule has 0 aliphatic heterocycles. The van der Waals surface area contributed by atoms with Crippen molar-refractivity contribution in [1.29, 1.82) is 0 Å². The Morgan fingerprint density at radius 3 is 1.66 bits per heavy atom. The van der Waals surface area contributed by atoms with Gasteiger partial charge in [-0.1, -0.05) is 141 Å². The van der Waals surface area contributed by atoms with Gasteiger partial charge in [0.2, 0.25) is 0 Å². The van der Waals surface area contributed by atoms with Crippen LogP contribution in [0.15, 0.2) is 162 Å². The molecular formula is C51H32OS. The fraction of sp³-hybridized carbons (Fsp3) is 0.0588. The van der Waals surface area contributed by atoms with E-state index >= 15 is 0 Å². The minimum Gasteiger partial charge on any atom is -0.456 e. The number of furan rings is 1. The number of hydrogen-bond acceptors (Lipinski definition) is 2. The van der Waals surface area contributed by atoms with Crippen LogP contribution < -0.4 is 0 Å². The summed E-state index contributed by atoms with van der Waals surface area (Å²) >= 11 is 1.92. The van der Waals surface area contributed by atoms with Crippen LogP contribution in [0.5, 0.6) is 0 Å². The van der Waals surface area contributed by atoms with Gasteiger partial charge in [0.05, 0.1) is 0 Å². The summed E-state index contributed by atoms with van der Waals surface area (Å²) in [5.74, 6) is 0. The van der Waals surface area contributed by atoms with E-state index in [-0.39, 0.29) is 5.41 Å². The topological polar surface area (TPSA) is 13.1 Å². The minimum absolute atomic E-state index is 0.141. The highest BCUT2D eigenvalue weighted by molar-refractivity contribution is 7.26. The van der Waals surface area contributed by atoms with Crippen molar-refractivity contribution in [3.63, 3.8) is 0 Å². The van der Waals surface area contributed by atoms with E-state index in [4.69, 9.17) is 4.42 Å². The third kappa shape index (κ3) is 3.91. The van der Waals surface area contributed by atoms with Crippen molar-refractivity contribution in [3.05, 3.63) is 169 Å². The summed E-state index contributed by atoms with van der Waals surface area (Å²) in [6, 6.07) is 58.6. The summed E-state index contributed by atoms with van der Waals surface area (Å²) in [7, 11) is 0. The van der Waals surface area contributed by atoms with Gasteiger partial charge in [-0.2, -0.15) is 0 Å². The van der Waals surface area contributed by atoms with Gasteiger partial charge in [-0.15, -0.1) is 11.3 Å². The molecule has 248 valence electrons. The Hall–Kier alpha value is -6.22. The van der Waals surface area contributed by atoms with Crippen molar-refractivity contribution in [2.45, 2.75) is 19.3 Å². The predicted molar refractivity (Wildman–Crippen MR) is 228 cm³/mol. The molecular weight excluding hydrogens is 661 g/mol. The molecule has 0 fully saturated rings. The molecule has 0 saturated carbocycles. The van der Waals surface area contributed by atoms with Gasteiger partial charge in [0.25, 0.3) is 0 Å². The number of fused-ring (bicyclic) bond motifs is 14. The summed E-state index contributed by atoms with van der Waals surface area (Å²) in [6.45, 7) is 4.81. The Balaban J connectivity index is 1.09. The first-order chi connectivity index (χ1) is 26.0. The molecule has 2 heteroatoms. The highest BCUT2D eigenvalue weighted by Crippen LogP contribution is 2.54. The molecule has 0 saturated heterocycles. The number of para-hydroxylation sites is 1. The number of benzene rings is 9. The Kier molecular flexibility index (Phi) is 5.78. The van der Waals surface area contributed by atoms with Crippen LogP contribution in [-0.2, 0) is 5.41 Å². The molecule has 2 aromatic heterocycles. The van der Waals surface area contributed by atoms with Gasteiger partial charge < -0.3 is 4.42 Å². The van der Waals surface area contributed by atoms with Crippen LogP contribution in [0.2, 0.25) is 0 Å². The summed E-state index contributed by atoms with van der Waals surface area (Å²) < 4.78 is 8.96. The molecule has 53 heavy (non-hydrogen) atoms. The predicted octanol–water partition coefficient (Wildman–Crippen LogP) is 15.1. The lowest BCUT2D eigenvalue weighted by atomic mass is 9.80. The van der Waals surface area contributed by atoms with Gasteiger partial charge in [0.15, 0.2) is 0 Å². The molecule has 9 aromatic carbocycles. The van der Waals surface area contributed by atoms with Crippen LogP contribution in [0.25, 0.3) is 108 Å². The smallest absolute Gasteiger partial charge is 0.135 e. The molecule has 12 rings (SSSR count). The van der Waals surface area contributed by atoms with E-state index in [0.717, 1.165) is 21.9 Å². The molecule has 0 spiro atoms. The second kappa shape index (κ2) is 10.4. The maximum atomic E-state index is 6.23. The summed E-state index contributed by atoms with van der Waals surface area (Å²) in [5.41, 5.74) is 12.3. The van der Waals surface area contributed by atoms with E-state index in [2.05, 4.69) is 166 Å². The molecule has 0 N–H and O–H groups in total. The van der Waals surface area contributed by atoms with E-state index < -0.39 is 0 Å². The average molecular weight is 693 g/mol. The van der Waals surface area contributed by atoms with Crippen LogP contribution in [-0.4, -0.2) is 0 Å². The molecule has 0 unspecified atom stereocenters. The van der Waals surface area contributed by atoms with Crippen molar-refractivity contribution in [1.82, 2.24) is 0 Å². The first-order valence-corrected chi connectivity index (χ1v) is 19.2. The van der Waals surface area contributed by atoms with Crippen molar-refractivity contribution in [2.24, 2.45) is 0 Å². The summed E-state index contributed by atoms with van der Waals surface area (Å²) in [4.78, 5) is 0. The average Bonchev–Trinajstić information content (AvgIpc) is 3.84. The SMILES string of the molecule is CC1(C)c2cc(-c3c4ccccc4c(-c4ccc5oc6ccccc6c5c4)c4ccccc34)ccc2-c2c1ccc1c2ccc2c3ccccc3sc12. The molecule has 0 atom stereocenters. The normalized spacial score (nSPS) is 13.6. The summed E-state index contributed by atoms with van der Waals surface area (Å²) in [5, 5.41) is 12.8. The summed E-state index contributed by atoms with van der Waals surface area (Å²) in [6.07, 6.45) is 0.